The third kappa shape index (κ3) is 4.22. The summed E-state index contributed by atoms with van der Waals surface area (Å²) in [6, 6.07) is 0. The number of nitrogen functional groups attached to an aromatic ring is 1. The molecule has 1 aliphatic heterocycles. The first kappa shape index (κ1) is 16.8. The third-order valence-electron chi connectivity index (χ3n) is 3.55. The Hall–Kier alpha value is -1.56. The fourth-order valence-electron chi connectivity index (χ4n) is 2.24. The Morgan fingerprint density at radius 1 is 1.36 bits per heavy atom. The van der Waals surface area contributed by atoms with Crippen LogP contribution < -0.4 is 15.8 Å². The predicted octanol–water partition coefficient (Wildman–Crippen LogP) is 2.74. The normalized spacial score (nSPS) is 18.5. The van der Waals surface area contributed by atoms with E-state index in [0.717, 1.165) is 31.7 Å². The molecular weight excluding hydrogens is 280 g/mol. The minimum atomic E-state index is -0.168. The van der Waals surface area contributed by atoms with Crippen LogP contribution in [0.15, 0.2) is 0 Å². The van der Waals surface area contributed by atoms with E-state index in [1.165, 1.54) is 0 Å². The zero-order valence-electron chi connectivity index (χ0n) is 14.1. The maximum absolute atomic E-state index is 6.17. The Labute approximate surface area is 132 Å². The molecule has 2 heterocycles. The molecule has 2 rings (SSSR count). The molecule has 0 aromatic carbocycles. The van der Waals surface area contributed by atoms with Gasteiger partial charge in [-0.2, -0.15) is 4.98 Å². The molecule has 1 aromatic heterocycles. The molecule has 0 radical (unpaired) electrons. The van der Waals surface area contributed by atoms with Crippen molar-refractivity contribution in [2.45, 2.75) is 58.5 Å². The van der Waals surface area contributed by atoms with Crippen LogP contribution in [-0.2, 0) is 10.2 Å². The van der Waals surface area contributed by atoms with Gasteiger partial charge in [0, 0.05) is 18.6 Å². The van der Waals surface area contributed by atoms with Crippen molar-refractivity contribution in [3.8, 4) is 5.88 Å². The van der Waals surface area contributed by atoms with Gasteiger partial charge in [-0.1, -0.05) is 27.7 Å². The van der Waals surface area contributed by atoms with Gasteiger partial charge in [-0.3, -0.25) is 0 Å². The third-order valence-corrected chi connectivity index (χ3v) is 3.55. The Kier molecular flexibility index (Phi) is 5.45. The van der Waals surface area contributed by atoms with Crippen LogP contribution in [0.25, 0.3) is 0 Å². The molecule has 1 aliphatic rings. The van der Waals surface area contributed by atoms with Crippen molar-refractivity contribution in [2.24, 2.45) is 0 Å². The molecule has 1 aromatic rings. The van der Waals surface area contributed by atoms with Gasteiger partial charge in [0.1, 0.15) is 11.5 Å². The first-order chi connectivity index (χ1) is 10.4. The molecule has 1 fully saturated rings. The molecule has 6 heteroatoms. The van der Waals surface area contributed by atoms with Crippen molar-refractivity contribution < 1.29 is 9.47 Å². The monoisotopic (exact) mass is 308 g/mol. The van der Waals surface area contributed by atoms with E-state index in [-0.39, 0.29) is 11.5 Å². The summed E-state index contributed by atoms with van der Waals surface area (Å²) in [5.41, 5.74) is 6.47. The quantitative estimate of drug-likeness (QED) is 0.841. The summed E-state index contributed by atoms with van der Waals surface area (Å²) in [7, 11) is 0. The molecular formula is C16H28N4O2. The van der Waals surface area contributed by atoms with Crippen molar-refractivity contribution in [1.29, 1.82) is 0 Å². The van der Waals surface area contributed by atoms with Crippen LogP contribution in [0.3, 0.4) is 0 Å². The van der Waals surface area contributed by atoms with Crippen LogP contribution in [0.4, 0.5) is 11.5 Å². The second kappa shape index (κ2) is 7.13. The number of ether oxygens (including phenoxy) is 2. The topological polar surface area (TPSA) is 82.3 Å². The molecule has 3 N–H and O–H groups in total. The molecule has 6 nitrogen and oxygen atoms in total. The fraction of sp³-hybridized carbons (Fsp3) is 0.750. The van der Waals surface area contributed by atoms with Crippen molar-refractivity contribution in [1.82, 2.24) is 9.97 Å². The molecule has 1 saturated heterocycles. The van der Waals surface area contributed by atoms with Gasteiger partial charge in [0.05, 0.1) is 12.7 Å². The number of nitrogens with zero attached hydrogens (tertiary/aromatic N) is 2. The average molecular weight is 308 g/mol. The van der Waals surface area contributed by atoms with Crippen LogP contribution in [0, 0.1) is 0 Å². The molecule has 0 saturated carbocycles. The number of aromatic nitrogens is 2. The van der Waals surface area contributed by atoms with Gasteiger partial charge in [-0.15, -0.1) is 0 Å². The predicted molar refractivity (Wildman–Crippen MR) is 88.4 cm³/mol. The van der Waals surface area contributed by atoms with E-state index in [2.05, 4.69) is 43.0 Å². The van der Waals surface area contributed by atoms with Gasteiger partial charge in [0.25, 0.3) is 0 Å². The summed E-state index contributed by atoms with van der Waals surface area (Å²) in [5.74, 6) is 1.83. The summed E-state index contributed by atoms with van der Waals surface area (Å²) in [6.45, 7) is 10.4. The fourth-order valence-corrected chi connectivity index (χ4v) is 2.24. The summed E-state index contributed by atoms with van der Waals surface area (Å²) in [5, 5.41) is 3.30. The Morgan fingerprint density at radius 3 is 2.73 bits per heavy atom. The highest BCUT2D eigenvalue weighted by molar-refractivity contribution is 5.67. The van der Waals surface area contributed by atoms with Crippen molar-refractivity contribution in [3.05, 3.63) is 5.82 Å². The maximum Gasteiger partial charge on any atom is 0.242 e. The average Bonchev–Trinajstić information content (AvgIpc) is 2.97. The lowest BCUT2D eigenvalue weighted by Gasteiger charge is -2.21. The second-order valence-corrected chi connectivity index (χ2v) is 6.73. The molecule has 0 spiro atoms. The second-order valence-electron chi connectivity index (χ2n) is 6.73. The van der Waals surface area contributed by atoms with Crippen LogP contribution in [0.1, 0.15) is 52.8 Å². The van der Waals surface area contributed by atoms with Gasteiger partial charge in [0.2, 0.25) is 5.88 Å². The lowest BCUT2D eigenvalue weighted by atomic mass is 9.96. The van der Waals surface area contributed by atoms with E-state index in [1.807, 2.05) is 0 Å². The first-order valence-corrected chi connectivity index (χ1v) is 8.08. The van der Waals surface area contributed by atoms with Crippen LogP contribution in [0.5, 0.6) is 5.88 Å². The number of anilines is 2. The lowest BCUT2D eigenvalue weighted by molar-refractivity contribution is 0.120. The number of hydrogen-bond donors (Lipinski definition) is 2. The molecule has 0 bridgehead atoms. The SMILES string of the molecule is CCCOc1nc(C(C)(C)C)nc(NCC2CCCO2)c1N. The standard InChI is InChI=1S/C16H28N4O2/c1-5-8-22-14-12(17)13(18-10-11-7-6-9-21-11)19-15(20-14)16(2,3)4/h11H,5-10,17H2,1-4H3,(H,18,19,20). The Bertz CT molecular complexity index is 494. The first-order valence-electron chi connectivity index (χ1n) is 8.08. The maximum atomic E-state index is 6.17. The van der Waals surface area contributed by atoms with E-state index >= 15 is 0 Å². The van der Waals surface area contributed by atoms with Crippen molar-refractivity contribution in [2.75, 3.05) is 30.8 Å². The van der Waals surface area contributed by atoms with E-state index in [9.17, 15) is 0 Å². The lowest BCUT2D eigenvalue weighted by Crippen LogP contribution is -2.23. The molecule has 1 unspecified atom stereocenters. The number of rotatable bonds is 6. The highest BCUT2D eigenvalue weighted by Crippen LogP contribution is 2.30. The molecule has 124 valence electrons. The zero-order valence-corrected chi connectivity index (χ0v) is 14.1. The van der Waals surface area contributed by atoms with Gasteiger partial charge in [0.15, 0.2) is 5.82 Å². The van der Waals surface area contributed by atoms with E-state index in [4.69, 9.17) is 15.2 Å². The number of nitrogens with two attached hydrogens (primary N) is 1. The largest absolute Gasteiger partial charge is 0.476 e. The van der Waals surface area contributed by atoms with Crippen LogP contribution in [0.2, 0.25) is 0 Å². The van der Waals surface area contributed by atoms with E-state index < -0.39 is 0 Å². The van der Waals surface area contributed by atoms with E-state index in [0.29, 0.717) is 30.5 Å². The summed E-state index contributed by atoms with van der Waals surface area (Å²) in [6.07, 6.45) is 3.33. The molecule has 0 amide bonds. The van der Waals surface area contributed by atoms with Crippen molar-refractivity contribution >= 4 is 11.5 Å². The minimum absolute atomic E-state index is 0.168. The van der Waals surface area contributed by atoms with Gasteiger partial charge < -0.3 is 20.5 Å². The summed E-state index contributed by atoms with van der Waals surface area (Å²) in [4.78, 5) is 9.08. The van der Waals surface area contributed by atoms with Gasteiger partial charge in [-0.05, 0) is 19.3 Å². The highest BCUT2D eigenvalue weighted by Gasteiger charge is 2.23. The number of hydrogen-bond acceptors (Lipinski definition) is 6. The molecule has 0 aliphatic carbocycles. The van der Waals surface area contributed by atoms with E-state index in [1.54, 1.807) is 0 Å². The molecule has 22 heavy (non-hydrogen) atoms. The highest BCUT2D eigenvalue weighted by atomic mass is 16.5. The smallest absolute Gasteiger partial charge is 0.242 e. The van der Waals surface area contributed by atoms with Crippen molar-refractivity contribution in [3.63, 3.8) is 0 Å². The van der Waals surface area contributed by atoms with Crippen LogP contribution >= 0.6 is 0 Å². The Balaban J connectivity index is 2.21. The zero-order chi connectivity index (χ0) is 16.2. The summed E-state index contributed by atoms with van der Waals surface area (Å²) < 4.78 is 11.3. The number of nitrogens with one attached hydrogen (secondary N) is 1. The van der Waals surface area contributed by atoms with Gasteiger partial charge in [-0.25, -0.2) is 4.98 Å². The van der Waals surface area contributed by atoms with Gasteiger partial charge >= 0.3 is 0 Å². The summed E-state index contributed by atoms with van der Waals surface area (Å²) >= 11 is 0. The molecule has 1 atom stereocenters. The van der Waals surface area contributed by atoms with Crippen LogP contribution in [-0.4, -0.2) is 35.8 Å². The Morgan fingerprint density at radius 2 is 2.14 bits per heavy atom. The minimum Gasteiger partial charge on any atom is -0.476 e.